The molecule has 0 amide bonds. The Kier molecular flexibility index (Phi) is 7.99. The molecule has 1 aromatic carbocycles. The highest BCUT2D eigenvalue weighted by atomic mass is 79.9. The minimum atomic E-state index is -1.42. The first kappa shape index (κ1) is 17.3. The summed E-state index contributed by atoms with van der Waals surface area (Å²) in [4.78, 5) is 10.5. The standard InChI is InChI=1S/C14H18Br2O4/c15-12(16)9-4-2-1-3-6-10-7-5-8-11(13(10)17)20-14(18)19/h5,7-8,12,17H,1-4,6,9H2,(H,18,19). The van der Waals surface area contributed by atoms with E-state index in [1.165, 1.54) is 6.07 Å². The number of benzene rings is 1. The van der Waals surface area contributed by atoms with Crippen LogP contribution in [0.5, 0.6) is 11.5 Å². The van der Waals surface area contributed by atoms with Crippen molar-refractivity contribution in [1.29, 1.82) is 0 Å². The maximum Gasteiger partial charge on any atom is 0.511 e. The molecule has 0 saturated carbocycles. The largest absolute Gasteiger partial charge is 0.511 e. The first-order valence-electron chi connectivity index (χ1n) is 6.50. The molecule has 0 aromatic heterocycles. The van der Waals surface area contributed by atoms with Crippen molar-refractivity contribution < 1.29 is 19.7 Å². The number of aryl methyl sites for hydroxylation is 1. The van der Waals surface area contributed by atoms with Crippen LogP contribution in [-0.2, 0) is 6.42 Å². The number of rotatable bonds is 8. The van der Waals surface area contributed by atoms with Gasteiger partial charge in [-0.05, 0) is 30.9 Å². The summed E-state index contributed by atoms with van der Waals surface area (Å²) in [5.74, 6) is -0.0766. The molecular formula is C14H18Br2O4. The predicted octanol–water partition coefficient (Wildman–Crippen LogP) is 5.06. The van der Waals surface area contributed by atoms with Crippen molar-refractivity contribution in [2.45, 2.75) is 42.3 Å². The number of aromatic hydroxyl groups is 1. The highest BCUT2D eigenvalue weighted by molar-refractivity contribution is 9.24. The molecule has 1 aromatic rings. The smallest absolute Gasteiger partial charge is 0.504 e. The van der Waals surface area contributed by atoms with Crippen LogP contribution in [0.1, 0.15) is 37.7 Å². The van der Waals surface area contributed by atoms with Gasteiger partial charge in [0.15, 0.2) is 11.5 Å². The molecular weight excluding hydrogens is 392 g/mol. The molecule has 0 aliphatic carbocycles. The van der Waals surface area contributed by atoms with Crippen LogP contribution in [-0.4, -0.2) is 20.1 Å². The average Bonchev–Trinajstić information content (AvgIpc) is 2.36. The van der Waals surface area contributed by atoms with Crippen LogP contribution in [0.15, 0.2) is 18.2 Å². The predicted molar refractivity (Wildman–Crippen MR) is 85.2 cm³/mol. The second-order valence-electron chi connectivity index (χ2n) is 4.48. The molecule has 2 N–H and O–H groups in total. The maximum atomic E-state index is 10.5. The Balaban J connectivity index is 2.38. The number of ether oxygens (including phenoxy) is 1. The van der Waals surface area contributed by atoms with Gasteiger partial charge in [-0.2, -0.15) is 0 Å². The zero-order valence-corrected chi connectivity index (χ0v) is 14.2. The number of carbonyl (C=O) groups is 1. The third-order valence-corrected chi connectivity index (χ3v) is 3.81. The van der Waals surface area contributed by atoms with Crippen molar-refractivity contribution >= 4 is 38.0 Å². The summed E-state index contributed by atoms with van der Waals surface area (Å²) in [5, 5.41) is 18.5. The van der Waals surface area contributed by atoms with E-state index >= 15 is 0 Å². The number of hydrogen-bond acceptors (Lipinski definition) is 3. The Morgan fingerprint density at radius 2 is 1.90 bits per heavy atom. The number of hydrogen-bond donors (Lipinski definition) is 2. The van der Waals surface area contributed by atoms with E-state index in [1.807, 2.05) is 0 Å². The van der Waals surface area contributed by atoms with E-state index in [4.69, 9.17) is 5.11 Å². The van der Waals surface area contributed by atoms with Crippen molar-refractivity contribution in [2.24, 2.45) is 0 Å². The molecule has 0 bridgehead atoms. The highest BCUT2D eigenvalue weighted by Crippen LogP contribution is 2.31. The molecule has 0 aliphatic rings. The lowest BCUT2D eigenvalue weighted by molar-refractivity contribution is 0.143. The molecule has 0 fully saturated rings. The molecule has 0 radical (unpaired) electrons. The summed E-state index contributed by atoms with van der Waals surface area (Å²) in [6, 6.07) is 4.92. The molecule has 0 saturated heterocycles. The Labute approximate surface area is 135 Å². The van der Waals surface area contributed by atoms with Crippen LogP contribution in [0.2, 0.25) is 0 Å². The number of phenols is 1. The third kappa shape index (κ3) is 6.61. The van der Waals surface area contributed by atoms with Crippen LogP contribution < -0.4 is 4.74 Å². The Hall–Kier alpha value is -0.750. The van der Waals surface area contributed by atoms with Crippen molar-refractivity contribution in [3.8, 4) is 11.5 Å². The van der Waals surface area contributed by atoms with Gasteiger partial charge in [0.2, 0.25) is 0 Å². The molecule has 0 spiro atoms. The van der Waals surface area contributed by atoms with Crippen molar-refractivity contribution in [3.63, 3.8) is 0 Å². The van der Waals surface area contributed by atoms with Gasteiger partial charge in [-0.3, -0.25) is 0 Å². The Bertz CT molecular complexity index is 435. The lowest BCUT2D eigenvalue weighted by Gasteiger charge is -2.08. The second-order valence-corrected chi connectivity index (χ2v) is 7.92. The minimum absolute atomic E-state index is 0.00332. The summed E-state index contributed by atoms with van der Waals surface area (Å²) >= 11 is 6.88. The zero-order chi connectivity index (χ0) is 15.0. The van der Waals surface area contributed by atoms with E-state index in [9.17, 15) is 9.90 Å². The number of halogens is 2. The summed E-state index contributed by atoms with van der Waals surface area (Å²) in [6.45, 7) is 0. The van der Waals surface area contributed by atoms with Gasteiger partial charge in [-0.15, -0.1) is 0 Å². The van der Waals surface area contributed by atoms with Crippen LogP contribution in [0, 0.1) is 0 Å². The molecule has 0 atom stereocenters. The fourth-order valence-corrected chi connectivity index (χ4v) is 2.56. The number of para-hydroxylation sites is 1. The van der Waals surface area contributed by atoms with Gasteiger partial charge in [0.1, 0.15) is 0 Å². The molecule has 4 nitrogen and oxygen atoms in total. The maximum absolute atomic E-state index is 10.5. The fourth-order valence-electron chi connectivity index (χ4n) is 1.91. The third-order valence-electron chi connectivity index (χ3n) is 2.90. The van der Waals surface area contributed by atoms with E-state index < -0.39 is 6.16 Å². The first-order chi connectivity index (χ1) is 9.50. The van der Waals surface area contributed by atoms with Gasteiger partial charge in [0.05, 0.1) is 3.74 Å². The fraction of sp³-hybridized carbons (Fsp3) is 0.500. The highest BCUT2D eigenvalue weighted by Gasteiger charge is 2.10. The Morgan fingerprint density at radius 1 is 1.20 bits per heavy atom. The number of unbranched alkanes of at least 4 members (excludes halogenated alkanes) is 3. The molecule has 112 valence electrons. The summed E-state index contributed by atoms with van der Waals surface area (Å²) < 4.78 is 4.89. The van der Waals surface area contributed by atoms with Crippen molar-refractivity contribution in [3.05, 3.63) is 23.8 Å². The Morgan fingerprint density at radius 3 is 2.55 bits per heavy atom. The van der Waals surface area contributed by atoms with E-state index in [2.05, 4.69) is 36.6 Å². The molecule has 0 aliphatic heterocycles. The van der Waals surface area contributed by atoms with Gasteiger partial charge in [0, 0.05) is 0 Å². The van der Waals surface area contributed by atoms with E-state index in [0.29, 0.717) is 10.2 Å². The number of phenolic OH excluding ortho intramolecular Hbond substituents is 1. The topological polar surface area (TPSA) is 66.8 Å². The van der Waals surface area contributed by atoms with E-state index in [-0.39, 0.29) is 11.5 Å². The normalized spacial score (nSPS) is 10.8. The summed E-state index contributed by atoms with van der Waals surface area (Å²) in [7, 11) is 0. The van der Waals surface area contributed by atoms with Crippen LogP contribution in [0.4, 0.5) is 4.79 Å². The van der Waals surface area contributed by atoms with Crippen molar-refractivity contribution in [1.82, 2.24) is 0 Å². The van der Waals surface area contributed by atoms with E-state index in [0.717, 1.165) is 37.7 Å². The van der Waals surface area contributed by atoms with Gasteiger partial charge in [0.25, 0.3) is 0 Å². The lowest BCUT2D eigenvalue weighted by Crippen LogP contribution is -2.03. The van der Waals surface area contributed by atoms with Gasteiger partial charge in [-0.1, -0.05) is 63.3 Å². The summed E-state index contributed by atoms with van der Waals surface area (Å²) in [6.07, 6.45) is 4.71. The molecule has 0 unspecified atom stereocenters. The monoisotopic (exact) mass is 408 g/mol. The second kappa shape index (κ2) is 9.23. The van der Waals surface area contributed by atoms with Crippen molar-refractivity contribution in [2.75, 3.05) is 0 Å². The van der Waals surface area contributed by atoms with Gasteiger partial charge >= 0.3 is 6.16 Å². The molecule has 6 heteroatoms. The van der Waals surface area contributed by atoms with Crippen LogP contribution in [0.25, 0.3) is 0 Å². The molecule has 20 heavy (non-hydrogen) atoms. The van der Waals surface area contributed by atoms with Gasteiger partial charge < -0.3 is 14.9 Å². The van der Waals surface area contributed by atoms with Gasteiger partial charge in [-0.25, -0.2) is 4.79 Å². The SMILES string of the molecule is O=C(O)Oc1cccc(CCCCCCC(Br)Br)c1O. The number of carboxylic acid groups (broad SMARTS) is 1. The zero-order valence-electron chi connectivity index (χ0n) is 11.0. The average molecular weight is 410 g/mol. The van der Waals surface area contributed by atoms with Crippen LogP contribution >= 0.6 is 31.9 Å². The lowest BCUT2D eigenvalue weighted by atomic mass is 10.0. The van der Waals surface area contributed by atoms with Crippen LogP contribution in [0.3, 0.4) is 0 Å². The molecule has 1 rings (SSSR count). The summed E-state index contributed by atoms with van der Waals surface area (Å²) in [5.41, 5.74) is 0.725. The quantitative estimate of drug-likeness (QED) is 0.272. The molecule has 0 heterocycles. The first-order valence-corrected chi connectivity index (χ1v) is 8.33. The number of alkyl halides is 2. The minimum Gasteiger partial charge on any atom is -0.504 e. The van der Waals surface area contributed by atoms with E-state index in [1.54, 1.807) is 12.1 Å².